The summed E-state index contributed by atoms with van der Waals surface area (Å²) < 4.78 is 11.0. The van der Waals surface area contributed by atoms with Gasteiger partial charge < -0.3 is 9.47 Å². The molecule has 1 aliphatic heterocycles. The van der Waals surface area contributed by atoms with Crippen LogP contribution in [0.1, 0.15) is 38.4 Å². The average molecular weight is 283 g/mol. The van der Waals surface area contributed by atoms with Crippen molar-refractivity contribution in [2.45, 2.75) is 50.4 Å². The van der Waals surface area contributed by atoms with E-state index in [1.807, 2.05) is 44.2 Å². The Morgan fingerprint density at radius 1 is 1.32 bits per heavy atom. The van der Waals surface area contributed by atoms with Crippen molar-refractivity contribution in [3.63, 3.8) is 0 Å². The number of ether oxygens (including phenoxy) is 2. The van der Waals surface area contributed by atoms with Gasteiger partial charge in [-0.25, -0.2) is 4.79 Å². The molecule has 1 aromatic rings. The number of carbonyl (C=O) groups excluding carboxylic acids is 1. The topological polar surface area (TPSA) is 35.5 Å². The predicted molar refractivity (Wildman–Crippen MR) is 74.2 cm³/mol. The largest absolute Gasteiger partial charge is 0.461 e. The highest BCUT2D eigenvalue weighted by Crippen LogP contribution is 2.34. The smallest absolute Gasteiger partial charge is 0.335 e. The van der Waals surface area contributed by atoms with E-state index in [0.29, 0.717) is 6.42 Å². The van der Waals surface area contributed by atoms with Gasteiger partial charge in [-0.3, -0.25) is 0 Å². The normalized spacial score (nSPS) is 27.3. The zero-order valence-electron chi connectivity index (χ0n) is 11.2. The third-order valence-electron chi connectivity index (χ3n) is 3.05. The molecular formula is C15H19ClO3. The zero-order valence-corrected chi connectivity index (χ0v) is 12.0. The van der Waals surface area contributed by atoms with E-state index in [0.717, 1.165) is 12.0 Å². The molecule has 1 aliphatic rings. The summed E-state index contributed by atoms with van der Waals surface area (Å²) >= 11 is 6.25. The van der Waals surface area contributed by atoms with Crippen molar-refractivity contribution in [2.75, 3.05) is 0 Å². The van der Waals surface area contributed by atoms with E-state index in [4.69, 9.17) is 21.1 Å². The van der Waals surface area contributed by atoms with Crippen LogP contribution in [0.2, 0.25) is 0 Å². The van der Waals surface area contributed by atoms with Crippen molar-refractivity contribution in [3.05, 3.63) is 35.9 Å². The Kier molecular flexibility index (Phi) is 4.83. The summed E-state index contributed by atoms with van der Waals surface area (Å²) in [7, 11) is 0. The molecule has 1 fully saturated rings. The number of esters is 1. The van der Waals surface area contributed by atoms with E-state index in [9.17, 15) is 4.79 Å². The molecule has 0 amide bonds. The molecule has 0 aromatic heterocycles. The first-order valence-corrected chi connectivity index (χ1v) is 7.05. The summed E-state index contributed by atoms with van der Waals surface area (Å²) in [6.07, 6.45) is 0.390. The molecule has 0 unspecified atom stereocenters. The minimum atomic E-state index is -0.566. The molecule has 104 valence electrons. The van der Waals surface area contributed by atoms with Crippen LogP contribution >= 0.6 is 11.6 Å². The Hall–Kier alpha value is -1.06. The molecule has 0 radical (unpaired) electrons. The lowest BCUT2D eigenvalue weighted by Crippen LogP contribution is -2.36. The Bertz CT molecular complexity index is 419. The molecule has 0 bridgehead atoms. The van der Waals surface area contributed by atoms with Gasteiger partial charge in [0.1, 0.15) is 0 Å². The van der Waals surface area contributed by atoms with E-state index in [1.54, 1.807) is 0 Å². The van der Waals surface area contributed by atoms with Crippen LogP contribution in [0.15, 0.2) is 30.3 Å². The first-order chi connectivity index (χ1) is 9.06. The predicted octanol–water partition coefficient (Wildman–Crippen LogP) is 3.47. The number of alkyl halides is 1. The summed E-state index contributed by atoms with van der Waals surface area (Å²) in [5, 5.41) is -0.0660. The van der Waals surface area contributed by atoms with Gasteiger partial charge in [-0.15, -0.1) is 11.6 Å². The maximum absolute atomic E-state index is 11.9. The van der Waals surface area contributed by atoms with Crippen LogP contribution in [0, 0.1) is 0 Å². The molecule has 3 nitrogen and oxygen atoms in total. The summed E-state index contributed by atoms with van der Waals surface area (Å²) in [5.74, 6) is -0.318. The monoisotopic (exact) mass is 282 g/mol. The van der Waals surface area contributed by atoms with E-state index >= 15 is 0 Å². The zero-order chi connectivity index (χ0) is 13.8. The van der Waals surface area contributed by atoms with Crippen LogP contribution in [-0.2, 0) is 14.3 Å². The lowest BCUT2D eigenvalue weighted by molar-refractivity contribution is -0.169. The minimum Gasteiger partial charge on any atom is -0.461 e. The fourth-order valence-corrected chi connectivity index (χ4v) is 2.54. The second-order valence-corrected chi connectivity index (χ2v) is 5.70. The van der Waals surface area contributed by atoms with Crippen molar-refractivity contribution in [3.8, 4) is 0 Å². The Morgan fingerprint density at radius 2 is 2.00 bits per heavy atom. The van der Waals surface area contributed by atoms with Gasteiger partial charge >= 0.3 is 5.97 Å². The number of carbonyl (C=O) groups is 1. The Labute approximate surface area is 118 Å². The van der Waals surface area contributed by atoms with Crippen LogP contribution in [-0.4, -0.2) is 23.6 Å². The maximum atomic E-state index is 11.9. The summed E-state index contributed by atoms with van der Waals surface area (Å²) in [6.45, 7) is 3.65. The van der Waals surface area contributed by atoms with Gasteiger partial charge in [-0.1, -0.05) is 30.3 Å². The molecule has 0 saturated carbocycles. The molecule has 2 rings (SSSR count). The molecule has 3 atom stereocenters. The van der Waals surface area contributed by atoms with Crippen molar-refractivity contribution < 1.29 is 14.3 Å². The van der Waals surface area contributed by atoms with E-state index < -0.39 is 6.10 Å². The molecule has 1 heterocycles. The SMILES string of the molecule is CC(C)OC(=O)[C@H]1C[C@H](Cl)C[C@H](c2ccccc2)O1. The number of rotatable bonds is 3. The number of hydrogen-bond acceptors (Lipinski definition) is 3. The molecular weight excluding hydrogens is 264 g/mol. The lowest BCUT2D eigenvalue weighted by Gasteiger charge is -2.32. The Morgan fingerprint density at radius 3 is 2.63 bits per heavy atom. The van der Waals surface area contributed by atoms with E-state index in [1.165, 1.54) is 0 Å². The molecule has 1 saturated heterocycles. The first-order valence-electron chi connectivity index (χ1n) is 6.61. The third-order valence-corrected chi connectivity index (χ3v) is 3.41. The second-order valence-electron chi connectivity index (χ2n) is 5.08. The van der Waals surface area contributed by atoms with Gasteiger partial charge in [0.15, 0.2) is 6.10 Å². The number of benzene rings is 1. The van der Waals surface area contributed by atoms with Crippen molar-refractivity contribution in [1.29, 1.82) is 0 Å². The molecule has 4 heteroatoms. The molecule has 19 heavy (non-hydrogen) atoms. The van der Waals surface area contributed by atoms with Crippen LogP contribution in [0.3, 0.4) is 0 Å². The highest BCUT2D eigenvalue weighted by molar-refractivity contribution is 6.20. The van der Waals surface area contributed by atoms with Crippen LogP contribution in [0.25, 0.3) is 0 Å². The fraction of sp³-hybridized carbons (Fsp3) is 0.533. The summed E-state index contributed by atoms with van der Waals surface area (Å²) in [5.41, 5.74) is 1.05. The number of halogens is 1. The Balaban J connectivity index is 2.06. The highest BCUT2D eigenvalue weighted by Gasteiger charge is 2.34. The molecule has 0 aliphatic carbocycles. The van der Waals surface area contributed by atoms with Gasteiger partial charge in [-0.05, 0) is 25.8 Å². The van der Waals surface area contributed by atoms with Gasteiger partial charge in [-0.2, -0.15) is 0 Å². The average Bonchev–Trinajstić information content (AvgIpc) is 2.38. The number of hydrogen-bond donors (Lipinski definition) is 0. The first kappa shape index (κ1) is 14.4. The fourth-order valence-electron chi connectivity index (χ4n) is 2.21. The standard InChI is InChI=1S/C15H19ClO3/c1-10(2)18-15(17)14-9-12(16)8-13(19-14)11-6-4-3-5-7-11/h3-7,10,12-14H,8-9H2,1-2H3/t12-,13-,14-/m1/s1. The van der Waals surface area contributed by atoms with Gasteiger partial charge in [0.25, 0.3) is 0 Å². The lowest BCUT2D eigenvalue weighted by atomic mass is 9.98. The van der Waals surface area contributed by atoms with Crippen LogP contribution < -0.4 is 0 Å². The molecule has 0 N–H and O–H groups in total. The molecule has 0 spiro atoms. The maximum Gasteiger partial charge on any atom is 0.335 e. The minimum absolute atomic E-state index is 0.0660. The van der Waals surface area contributed by atoms with Crippen molar-refractivity contribution in [1.82, 2.24) is 0 Å². The van der Waals surface area contributed by atoms with Gasteiger partial charge in [0.2, 0.25) is 0 Å². The van der Waals surface area contributed by atoms with Crippen LogP contribution in [0.4, 0.5) is 0 Å². The quantitative estimate of drug-likeness (QED) is 0.629. The van der Waals surface area contributed by atoms with Crippen molar-refractivity contribution >= 4 is 17.6 Å². The second kappa shape index (κ2) is 6.40. The van der Waals surface area contributed by atoms with Gasteiger partial charge in [0.05, 0.1) is 12.2 Å². The third kappa shape index (κ3) is 3.95. The molecule has 1 aromatic carbocycles. The summed E-state index contributed by atoms with van der Waals surface area (Å²) in [4.78, 5) is 11.9. The van der Waals surface area contributed by atoms with E-state index in [2.05, 4.69) is 0 Å². The summed E-state index contributed by atoms with van der Waals surface area (Å²) in [6, 6.07) is 9.85. The van der Waals surface area contributed by atoms with Crippen LogP contribution in [0.5, 0.6) is 0 Å². The van der Waals surface area contributed by atoms with E-state index in [-0.39, 0.29) is 23.6 Å². The van der Waals surface area contributed by atoms with Gasteiger partial charge in [0, 0.05) is 11.8 Å². The van der Waals surface area contributed by atoms with Crippen molar-refractivity contribution in [2.24, 2.45) is 0 Å². The highest BCUT2D eigenvalue weighted by atomic mass is 35.5.